The van der Waals surface area contributed by atoms with Crippen molar-refractivity contribution >= 4 is 40.0 Å². The lowest BCUT2D eigenvalue weighted by Gasteiger charge is -2.50. The number of benzene rings is 1. The first-order valence-corrected chi connectivity index (χ1v) is 13.1. The molecule has 12 nitrogen and oxygen atoms in total. The van der Waals surface area contributed by atoms with Crippen molar-refractivity contribution < 1.29 is 34.1 Å². The zero-order chi connectivity index (χ0) is 29.5. The summed E-state index contributed by atoms with van der Waals surface area (Å²) in [7, 11) is 6.86. The molecule has 0 bridgehead atoms. The maximum Gasteiger partial charge on any atom is 0.255 e. The van der Waals surface area contributed by atoms with Gasteiger partial charge in [0.2, 0.25) is 11.7 Å². The van der Waals surface area contributed by atoms with Crippen molar-refractivity contribution in [1.82, 2.24) is 14.9 Å². The number of hydrogen-bond acceptors (Lipinski definition) is 11. The Balaban J connectivity index is 1.61. The van der Waals surface area contributed by atoms with Gasteiger partial charge in [-0.05, 0) is 56.6 Å². The van der Waals surface area contributed by atoms with Gasteiger partial charge in [-0.15, -0.1) is 0 Å². The maximum absolute atomic E-state index is 14.2. The number of amides is 1. The molecule has 0 radical (unpaired) electrons. The van der Waals surface area contributed by atoms with Gasteiger partial charge in [-0.1, -0.05) is 0 Å². The summed E-state index contributed by atoms with van der Waals surface area (Å²) >= 11 is 0. The molecule has 12 heteroatoms. The summed E-state index contributed by atoms with van der Waals surface area (Å²) in [6.07, 6.45) is 3.55. The zero-order valence-electron chi connectivity index (χ0n) is 22.9. The summed E-state index contributed by atoms with van der Waals surface area (Å²) in [5.41, 5.74) is 4.84. The minimum absolute atomic E-state index is 0.0635. The highest BCUT2D eigenvalue weighted by Crippen LogP contribution is 2.53. The fraction of sp³-hybridized carbons (Fsp3) is 0.345. The summed E-state index contributed by atoms with van der Waals surface area (Å²) in [6, 6.07) is 4.25. The van der Waals surface area contributed by atoms with E-state index in [1.54, 1.807) is 38.6 Å². The maximum atomic E-state index is 14.2. The minimum atomic E-state index is -2.65. The van der Waals surface area contributed by atoms with Gasteiger partial charge in [0.05, 0.1) is 17.2 Å². The normalized spacial score (nSPS) is 25.9. The molecule has 1 saturated carbocycles. The molecule has 4 atom stereocenters. The molecule has 0 saturated heterocycles. The van der Waals surface area contributed by atoms with Gasteiger partial charge >= 0.3 is 0 Å². The van der Waals surface area contributed by atoms with Crippen LogP contribution in [0.5, 0.6) is 0 Å². The molecule has 5 N–H and O–H groups in total. The van der Waals surface area contributed by atoms with Crippen LogP contribution < -0.4 is 10.6 Å². The van der Waals surface area contributed by atoms with Gasteiger partial charge in [0.1, 0.15) is 22.6 Å². The Morgan fingerprint density at radius 2 is 1.93 bits per heavy atom. The van der Waals surface area contributed by atoms with E-state index in [1.807, 2.05) is 25.1 Å². The SMILES string of the molecule is CN(C)c1cc2nc(-c3cccnc3)oc2c2c1CC1CC3[C@H](N(C)C)C(=O)C(C(N)=O)=C(O)[C@@]3(O)C(=O)C1=C2O. The number of carbonyl (C=O) groups excluding carboxylic acids is 3. The van der Waals surface area contributed by atoms with Gasteiger partial charge < -0.3 is 30.4 Å². The summed E-state index contributed by atoms with van der Waals surface area (Å²) in [5, 5.41) is 34.7. The van der Waals surface area contributed by atoms with Gasteiger partial charge in [0, 0.05) is 43.7 Å². The number of Topliss-reactive ketones (excluding diaryl/α,β-unsaturated/α-hetero) is 2. The third-order valence-electron chi connectivity index (χ3n) is 8.47. The van der Waals surface area contributed by atoms with Crippen LogP contribution in [0.25, 0.3) is 28.3 Å². The summed E-state index contributed by atoms with van der Waals surface area (Å²) in [6.45, 7) is 0. The molecule has 2 aromatic heterocycles. The van der Waals surface area contributed by atoms with Crippen molar-refractivity contribution in [1.29, 1.82) is 0 Å². The molecule has 212 valence electrons. The van der Waals surface area contributed by atoms with Crippen molar-refractivity contribution in [2.45, 2.75) is 24.5 Å². The molecule has 6 rings (SSSR count). The van der Waals surface area contributed by atoms with E-state index in [1.165, 1.54) is 4.90 Å². The van der Waals surface area contributed by atoms with E-state index in [4.69, 9.17) is 10.2 Å². The van der Waals surface area contributed by atoms with Crippen LogP contribution in [0.2, 0.25) is 0 Å². The fourth-order valence-corrected chi connectivity index (χ4v) is 6.69. The Kier molecular flexibility index (Phi) is 5.84. The second kappa shape index (κ2) is 8.98. The highest BCUT2D eigenvalue weighted by Gasteiger charge is 2.64. The molecule has 3 aliphatic carbocycles. The lowest BCUT2D eigenvalue weighted by Crippen LogP contribution is -2.65. The molecule has 41 heavy (non-hydrogen) atoms. The number of ketones is 2. The Morgan fingerprint density at radius 3 is 2.54 bits per heavy atom. The first-order valence-electron chi connectivity index (χ1n) is 13.1. The molecule has 0 spiro atoms. The van der Waals surface area contributed by atoms with E-state index >= 15 is 0 Å². The first-order chi connectivity index (χ1) is 19.4. The van der Waals surface area contributed by atoms with Crippen molar-refractivity contribution in [3.63, 3.8) is 0 Å². The average Bonchev–Trinajstić information content (AvgIpc) is 3.34. The number of fused-ring (bicyclic) bond motifs is 5. The smallest absolute Gasteiger partial charge is 0.255 e. The number of carbonyl (C=O) groups is 3. The molecular formula is C29H29N5O7. The van der Waals surface area contributed by atoms with Crippen LogP contribution in [0, 0.1) is 11.8 Å². The number of aromatic nitrogens is 2. The third-order valence-corrected chi connectivity index (χ3v) is 8.47. The fourth-order valence-electron chi connectivity index (χ4n) is 6.69. The third kappa shape index (κ3) is 3.57. The quantitative estimate of drug-likeness (QED) is 0.340. The predicted molar refractivity (Wildman–Crippen MR) is 148 cm³/mol. The summed E-state index contributed by atoms with van der Waals surface area (Å²) in [5.74, 6) is -5.95. The van der Waals surface area contributed by atoms with Crippen LogP contribution in [0.4, 0.5) is 5.69 Å². The van der Waals surface area contributed by atoms with E-state index in [-0.39, 0.29) is 35.5 Å². The standard InChI is InChI=1S/C29H29N5O7/c1-33(2)17-10-16-24(41-28(32-16)12-6-5-7-31-11-12)19-14(17)8-13-9-15-21(34(3)4)23(36)20(27(30)39)26(38)29(15,40)25(37)18(13)22(19)35/h5-7,10-11,13,15,21,35,38,40H,8-9H2,1-4H3,(H2,30,39)/t13?,15?,21-,29-/m0/s1. The van der Waals surface area contributed by atoms with Crippen molar-refractivity contribution in [3.8, 4) is 11.5 Å². The lowest BCUT2D eigenvalue weighted by atomic mass is 9.57. The number of primary amides is 1. The molecule has 0 aliphatic heterocycles. The van der Waals surface area contributed by atoms with Crippen molar-refractivity contribution in [2.75, 3.05) is 33.1 Å². The molecule has 3 aromatic rings. The largest absolute Gasteiger partial charge is 0.508 e. The van der Waals surface area contributed by atoms with E-state index in [0.29, 0.717) is 16.6 Å². The second-order valence-electron chi connectivity index (χ2n) is 11.2. The molecule has 1 aromatic carbocycles. The Bertz CT molecular complexity index is 1720. The number of aliphatic hydroxyl groups excluding tert-OH is 2. The second-order valence-corrected chi connectivity index (χ2v) is 11.2. The van der Waals surface area contributed by atoms with E-state index in [0.717, 1.165) is 5.69 Å². The number of aliphatic hydroxyl groups is 3. The summed E-state index contributed by atoms with van der Waals surface area (Å²) < 4.78 is 6.13. The lowest BCUT2D eigenvalue weighted by molar-refractivity contribution is -0.153. The van der Waals surface area contributed by atoms with E-state index in [2.05, 4.69) is 9.97 Å². The molecule has 3 aliphatic rings. The number of pyridine rings is 1. The van der Waals surface area contributed by atoms with E-state index in [9.17, 15) is 29.7 Å². The van der Waals surface area contributed by atoms with Gasteiger partial charge in [0.25, 0.3) is 5.91 Å². The molecule has 1 amide bonds. The van der Waals surface area contributed by atoms with Crippen molar-refractivity contribution in [3.05, 3.63) is 58.6 Å². The Morgan fingerprint density at radius 1 is 1.20 bits per heavy atom. The monoisotopic (exact) mass is 559 g/mol. The van der Waals surface area contributed by atoms with Crippen molar-refractivity contribution in [2.24, 2.45) is 17.6 Å². The Hall–Kier alpha value is -4.55. The van der Waals surface area contributed by atoms with Crippen LogP contribution in [-0.2, 0) is 20.8 Å². The van der Waals surface area contributed by atoms with Gasteiger partial charge in [-0.3, -0.25) is 24.3 Å². The minimum Gasteiger partial charge on any atom is -0.508 e. The highest BCUT2D eigenvalue weighted by atomic mass is 16.4. The average molecular weight is 560 g/mol. The van der Waals surface area contributed by atoms with Crippen LogP contribution in [0.1, 0.15) is 17.5 Å². The molecule has 2 heterocycles. The molecule has 1 fully saturated rings. The number of nitrogens with two attached hydrogens (primary N) is 1. The van der Waals surface area contributed by atoms with E-state index < -0.39 is 58.0 Å². The van der Waals surface area contributed by atoms with Crippen LogP contribution >= 0.6 is 0 Å². The molecule has 2 unspecified atom stereocenters. The van der Waals surface area contributed by atoms with Gasteiger partial charge in [-0.2, -0.15) is 0 Å². The number of hydrogen-bond donors (Lipinski definition) is 4. The highest BCUT2D eigenvalue weighted by molar-refractivity contribution is 6.24. The van der Waals surface area contributed by atoms with Crippen LogP contribution in [-0.4, -0.2) is 87.5 Å². The number of anilines is 1. The molecular weight excluding hydrogens is 530 g/mol. The summed E-state index contributed by atoms with van der Waals surface area (Å²) in [4.78, 5) is 51.7. The number of nitrogens with zero attached hydrogens (tertiary/aromatic N) is 4. The van der Waals surface area contributed by atoms with Gasteiger partial charge in [-0.25, -0.2) is 4.98 Å². The topological polar surface area (TPSA) is 183 Å². The first kappa shape index (κ1) is 26.7. The van der Waals surface area contributed by atoms with Gasteiger partial charge in [0.15, 0.2) is 17.0 Å². The Labute approximate surface area is 234 Å². The van der Waals surface area contributed by atoms with Crippen LogP contribution in [0.3, 0.4) is 0 Å². The zero-order valence-corrected chi connectivity index (χ0v) is 22.9. The number of rotatable bonds is 4. The number of likely N-dealkylation sites (N-methyl/N-ethyl adjacent to an activating group) is 1. The number of oxazole rings is 1. The van der Waals surface area contributed by atoms with Crippen LogP contribution in [0.15, 0.2) is 51.9 Å². The predicted octanol–water partition coefficient (Wildman–Crippen LogP) is 1.53.